The van der Waals surface area contributed by atoms with Crippen molar-refractivity contribution in [3.63, 3.8) is 0 Å². The van der Waals surface area contributed by atoms with E-state index < -0.39 is 10.1 Å². The fourth-order valence-electron chi connectivity index (χ4n) is 1.81. The number of hydrogen-bond acceptors (Lipinski definition) is 4. The van der Waals surface area contributed by atoms with E-state index in [1.807, 2.05) is 0 Å². The molecule has 4 nitrogen and oxygen atoms in total. The van der Waals surface area contributed by atoms with E-state index in [1.54, 1.807) is 0 Å². The van der Waals surface area contributed by atoms with Crippen LogP contribution in [-0.4, -0.2) is 14.2 Å². The van der Waals surface area contributed by atoms with Crippen molar-refractivity contribution >= 4 is 10.1 Å². The minimum Gasteiger partial charge on any atom is -0.198 e. The highest BCUT2D eigenvalue weighted by Gasteiger charge is 2.07. The van der Waals surface area contributed by atoms with Crippen LogP contribution in [0.15, 0.2) is 0 Å². The van der Waals surface area contributed by atoms with Gasteiger partial charge in [0.25, 0.3) is 10.1 Å². The first-order valence-corrected chi connectivity index (χ1v) is 8.31. The third-order valence-corrected chi connectivity index (χ3v) is 3.98. The van der Waals surface area contributed by atoms with Crippen LogP contribution in [0.3, 0.4) is 0 Å². The lowest BCUT2D eigenvalue weighted by Crippen LogP contribution is -2.14. The zero-order chi connectivity index (χ0) is 13.0. The number of hydrogen-bond donors (Lipinski definition) is 1. The molecule has 0 rings (SSSR count). The lowest BCUT2D eigenvalue weighted by Gasteiger charge is -2.02. The van der Waals surface area contributed by atoms with E-state index in [-0.39, 0.29) is 5.75 Å². The Kier molecular flexibility index (Phi) is 10.9. The maximum Gasteiger partial charge on any atom is 0.283 e. The molecule has 0 aromatic heterocycles. The highest BCUT2D eigenvalue weighted by atomic mass is 32.2. The smallest absolute Gasteiger partial charge is 0.198 e. The first-order chi connectivity index (χ1) is 8.12. The molecule has 2 N–H and O–H groups in total. The maximum absolute atomic E-state index is 10.9. The van der Waals surface area contributed by atoms with Gasteiger partial charge in [-0.15, -0.1) is 0 Å². The molecule has 0 saturated heterocycles. The van der Waals surface area contributed by atoms with Crippen LogP contribution in [-0.2, 0) is 14.4 Å². The zero-order valence-corrected chi connectivity index (χ0v) is 11.8. The molecule has 104 valence electrons. The molecule has 0 aliphatic rings. The summed E-state index contributed by atoms with van der Waals surface area (Å²) >= 11 is 0. The summed E-state index contributed by atoms with van der Waals surface area (Å²) in [6.07, 6.45) is 11.8. The van der Waals surface area contributed by atoms with Crippen molar-refractivity contribution in [2.24, 2.45) is 5.90 Å². The molecule has 0 amide bonds. The average molecular weight is 265 g/mol. The standard InChI is InChI=1S/C12H27NO3S/c1-2-3-4-5-6-7-8-9-10-11-12-17(14,15)16-13/h2-13H2,1H3. The normalized spacial score (nSPS) is 11.9. The van der Waals surface area contributed by atoms with Crippen LogP contribution in [0, 0.1) is 0 Å². The van der Waals surface area contributed by atoms with Crippen LogP contribution in [0.25, 0.3) is 0 Å². The first-order valence-electron chi connectivity index (χ1n) is 6.73. The van der Waals surface area contributed by atoms with Crippen LogP contribution in [0.5, 0.6) is 0 Å². The fraction of sp³-hybridized carbons (Fsp3) is 1.00. The van der Waals surface area contributed by atoms with Crippen molar-refractivity contribution < 1.29 is 12.7 Å². The van der Waals surface area contributed by atoms with E-state index in [1.165, 1.54) is 44.9 Å². The van der Waals surface area contributed by atoms with E-state index >= 15 is 0 Å². The van der Waals surface area contributed by atoms with Crippen LogP contribution in [0.1, 0.15) is 71.1 Å². The molecule has 0 atom stereocenters. The molecule has 0 bridgehead atoms. The molecular formula is C12H27NO3S. The second-order valence-corrected chi connectivity index (χ2v) is 6.26. The molecular weight excluding hydrogens is 238 g/mol. The average Bonchev–Trinajstić information content (AvgIpc) is 2.31. The SMILES string of the molecule is CCCCCCCCCCCCS(=O)(=O)ON. The monoisotopic (exact) mass is 265 g/mol. The lowest BCUT2D eigenvalue weighted by atomic mass is 10.1. The summed E-state index contributed by atoms with van der Waals surface area (Å²) in [4.78, 5) is 0. The molecule has 0 heterocycles. The van der Waals surface area contributed by atoms with Gasteiger partial charge in [-0.1, -0.05) is 64.7 Å². The van der Waals surface area contributed by atoms with Gasteiger partial charge in [0.05, 0.1) is 5.75 Å². The van der Waals surface area contributed by atoms with Gasteiger partial charge < -0.3 is 0 Å². The summed E-state index contributed by atoms with van der Waals surface area (Å²) in [6.45, 7) is 2.22. The van der Waals surface area contributed by atoms with Crippen molar-refractivity contribution in [1.82, 2.24) is 0 Å². The predicted molar refractivity (Wildman–Crippen MR) is 70.9 cm³/mol. The second kappa shape index (κ2) is 11.0. The zero-order valence-electron chi connectivity index (χ0n) is 11.0. The van der Waals surface area contributed by atoms with Crippen LogP contribution in [0.4, 0.5) is 0 Å². The van der Waals surface area contributed by atoms with Gasteiger partial charge >= 0.3 is 0 Å². The van der Waals surface area contributed by atoms with Gasteiger partial charge in [0.1, 0.15) is 0 Å². The number of rotatable bonds is 12. The van der Waals surface area contributed by atoms with E-state index in [2.05, 4.69) is 17.1 Å². The molecule has 0 aromatic rings. The van der Waals surface area contributed by atoms with Crippen LogP contribution >= 0.6 is 0 Å². The Bertz CT molecular complexity index is 252. The predicted octanol–water partition coefficient (Wildman–Crippen LogP) is 3.13. The summed E-state index contributed by atoms with van der Waals surface area (Å²) in [5.74, 6) is 4.68. The molecule has 0 radical (unpaired) electrons. The van der Waals surface area contributed by atoms with E-state index in [0.717, 1.165) is 12.8 Å². The summed E-state index contributed by atoms with van der Waals surface area (Å²) in [5.41, 5.74) is 0. The Morgan fingerprint density at radius 3 is 1.65 bits per heavy atom. The molecule has 0 unspecified atom stereocenters. The molecule has 17 heavy (non-hydrogen) atoms. The summed E-state index contributed by atoms with van der Waals surface area (Å²) in [7, 11) is -3.45. The fourth-order valence-corrected chi connectivity index (χ4v) is 2.47. The minimum atomic E-state index is -3.45. The molecule has 5 heteroatoms. The van der Waals surface area contributed by atoms with E-state index in [4.69, 9.17) is 0 Å². The molecule has 0 spiro atoms. The molecule has 0 saturated carbocycles. The number of nitrogens with two attached hydrogens (primary N) is 1. The van der Waals surface area contributed by atoms with E-state index in [9.17, 15) is 8.42 Å². The Hall–Kier alpha value is -0.130. The van der Waals surface area contributed by atoms with Gasteiger partial charge in [-0.3, -0.25) is 0 Å². The van der Waals surface area contributed by atoms with Gasteiger partial charge in [-0.25, -0.2) is 0 Å². The molecule has 0 aliphatic carbocycles. The van der Waals surface area contributed by atoms with Crippen molar-refractivity contribution in [2.75, 3.05) is 5.75 Å². The maximum atomic E-state index is 10.9. The first kappa shape index (κ1) is 16.9. The van der Waals surface area contributed by atoms with Gasteiger partial charge in [0.15, 0.2) is 0 Å². The Morgan fingerprint density at radius 1 is 0.824 bits per heavy atom. The van der Waals surface area contributed by atoms with E-state index in [0.29, 0.717) is 6.42 Å². The lowest BCUT2D eigenvalue weighted by molar-refractivity contribution is 0.332. The Morgan fingerprint density at radius 2 is 1.24 bits per heavy atom. The van der Waals surface area contributed by atoms with Crippen molar-refractivity contribution in [1.29, 1.82) is 0 Å². The summed E-state index contributed by atoms with van der Waals surface area (Å²) < 4.78 is 25.7. The van der Waals surface area contributed by atoms with Gasteiger partial charge in [-0.05, 0) is 6.42 Å². The van der Waals surface area contributed by atoms with Gasteiger partial charge in [0, 0.05) is 0 Å². The Balaban J connectivity index is 3.14. The van der Waals surface area contributed by atoms with Crippen LogP contribution in [0.2, 0.25) is 0 Å². The third kappa shape index (κ3) is 12.1. The highest BCUT2D eigenvalue weighted by molar-refractivity contribution is 7.86. The highest BCUT2D eigenvalue weighted by Crippen LogP contribution is 2.10. The molecule has 0 aromatic carbocycles. The summed E-state index contributed by atoms with van der Waals surface area (Å²) in [5, 5.41) is 0. The van der Waals surface area contributed by atoms with Crippen molar-refractivity contribution in [2.45, 2.75) is 71.1 Å². The largest absolute Gasteiger partial charge is 0.283 e. The van der Waals surface area contributed by atoms with Crippen molar-refractivity contribution in [3.05, 3.63) is 0 Å². The van der Waals surface area contributed by atoms with Crippen LogP contribution < -0.4 is 5.90 Å². The molecule has 0 aliphatic heterocycles. The van der Waals surface area contributed by atoms with Gasteiger partial charge in [0.2, 0.25) is 0 Å². The summed E-state index contributed by atoms with van der Waals surface area (Å²) in [6, 6.07) is 0. The third-order valence-electron chi connectivity index (χ3n) is 2.89. The van der Waals surface area contributed by atoms with Crippen molar-refractivity contribution in [3.8, 4) is 0 Å². The van der Waals surface area contributed by atoms with Gasteiger partial charge in [-0.2, -0.15) is 18.6 Å². The number of unbranched alkanes of at least 4 members (excludes halogenated alkanes) is 9. The Labute approximate surface area is 106 Å². The topological polar surface area (TPSA) is 69.4 Å². The second-order valence-electron chi connectivity index (χ2n) is 4.54. The minimum absolute atomic E-state index is 0.0417. The quantitative estimate of drug-likeness (QED) is 0.435. The molecule has 0 fully saturated rings.